The Balaban J connectivity index is 1.91. The number of carbonyl (C=O) groups excluding carboxylic acids is 1. The van der Waals surface area contributed by atoms with E-state index < -0.39 is 0 Å². The van der Waals surface area contributed by atoms with Gasteiger partial charge in [0, 0.05) is 25.2 Å². The van der Waals surface area contributed by atoms with Gasteiger partial charge in [-0.25, -0.2) is 0 Å². The van der Waals surface area contributed by atoms with Crippen molar-refractivity contribution in [3.63, 3.8) is 0 Å². The van der Waals surface area contributed by atoms with Gasteiger partial charge in [-0.2, -0.15) is 0 Å². The van der Waals surface area contributed by atoms with Crippen LogP contribution in [0.1, 0.15) is 25.3 Å². The van der Waals surface area contributed by atoms with Crippen LogP contribution >= 0.6 is 0 Å². The Morgan fingerprint density at radius 2 is 2.18 bits per heavy atom. The molecule has 2 N–H and O–H groups in total. The topological polar surface area (TPSA) is 46.3 Å². The lowest BCUT2D eigenvalue weighted by molar-refractivity contribution is -0.127. The van der Waals surface area contributed by atoms with Crippen LogP contribution in [-0.4, -0.2) is 23.9 Å². The molecule has 1 aliphatic rings. The van der Waals surface area contributed by atoms with Crippen molar-refractivity contribution in [3.05, 3.63) is 29.8 Å². The van der Waals surface area contributed by atoms with Crippen LogP contribution in [0.25, 0.3) is 0 Å². The second kappa shape index (κ2) is 5.21. The summed E-state index contributed by atoms with van der Waals surface area (Å²) in [6.07, 6.45) is 2.67. The molecule has 0 aliphatic carbocycles. The molecule has 1 unspecified atom stereocenters. The first-order chi connectivity index (χ1) is 8.20. The van der Waals surface area contributed by atoms with E-state index in [-0.39, 0.29) is 0 Å². The molecule has 1 aromatic carbocycles. The van der Waals surface area contributed by atoms with Crippen LogP contribution in [0, 0.1) is 5.92 Å². The van der Waals surface area contributed by atoms with E-state index in [1.807, 2.05) is 29.2 Å². The fourth-order valence-corrected chi connectivity index (χ4v) is 2.36. The van der Waals surface area contributed by atoms with Crippen LogP contribution in [0.15, 0.2) is 24.3 Å². The lowest BCUT2D eigenvalue weighted by Crippen LogP contribution is -2.27. The number of nitrogen functional groups attached to an aromatic ring is 1. The predicted octanol–water partition coefficient (Wildman–Crippen LogP) is 2.07. The molecule has 2 rings (SSSR count). The van der Waals surface area contributed by atoms with Crippen LogP contribution < -0.4 is 5.73 Å². The zero-order valence-corrected chi connectivity index (χ0v) is 10.4. The summed E-state index contributed by atoms with van der Waals surface area (Å²) in [4.78, 5) is 13.7. The maximum atomic E-state index is 11.7. The first kappa shape index (κ1) is 12.0. The molecule has 0 saturated carbocycles. The molecule has 3 nitrogen and oxygen atoms in total. The minimum atomic E-state index is 0.298. The number of carbonyl (C=O) groups is 1. The summed E-state index contributed by atoms with van der Waals surface area (Å²) >= 11 is 0. The summed E-state index contributed by atoms with van der Waals surface area (Å²) in [5, 5.41) is 0. The molecule has 0 radical (unpaired) electrons. The quantitative estimate of drug-likeness (QED) is 0.808. The molecule has 1 fully saturated rings. The number of hydrogen-bond acceptors (Lipinski definition) is 2. The summed E-state index contributed by atoms with van der Waals surface area (Å²) in [6, 6.07) is 7.88. The number of hydrogen-bond donors (Lipinski definition) is 1. The van der Waals surface area contributed by atoms with E-state index in [9.17, 15) is 4.79 Å². The third-order valence-electron chi connectivity index (χ3n) is 3.58. The average molecular weight is 232 g/mol. The Morgan fingerprint density at radius 3 is 2.82 bits per heavy atom. The molecule has 1 aliphatic heterocycles. The minimum absolute atomic E-state index is 0.298. The van der Waals surface area contributed by atoms with E-state index in [0.29, 0.717) is 11.8 Å². The number of nitrogens with zero attached hydrogens (tertiary/aromatic N) is 1. The highest BCUT2D eigenvalue weighted by atomic mass is 16.2. The van der Waals surface area contributed by atoms with Gasteiger partial charge in [-0.05, 0) is 24.0 Å². The second-order valence-electron chi connectivity index (χ2n) is 4.77. The third-order valence-corrected chi connectivity index (χ3v) is 3.58. The highest BCUT2D eigenvalue weighted by molar-refractivity contribution is 5.78. The number of benzene rings is 1. The normalized spacial score (nSPS) is 19.9. The average Bonchev–Trinajstić information content (AvgIpc) is 2.69. The molecular formula is C14H20N2O. The first-order valence-electron chi connectivity index (χ1n) is 6.32. The Morgan fingerprint density at radius 1 is 1.41 bits per heavy atom. The van der Waals surface area contributed by atoms with Gasteiger partial charge in [0.05, 0.1) is 0 Å². The largest absolute Gasteiger partial charge is 0.399 e. The zero-order chi connectivity index (χ0) is 12.3. The fourth-order valence-electron chi connectivity index (χ4n) is 2.36. The Hall–Kier alpha value is -1.51. The van der Waals surface area contributed by atoms with E-state index in [1.165, 1.54) is 0 Å². The first-order valence-corrected chi connectivity index (χ1v) is 6.32. The van der Waals surface area contributed by atoms with Gasteiger partial charge in [-0.15, -0.1) is 0 Å². The van der Waals surface area contributed by atoms with Gasteiger partial charge in [0.25, 0.3) is 0 Å². The lowest BCUT2D eigenvalue weighted by atomic mass is 10.1. The highest BCUT2D eigenvalue weighted by Crippen LogP contribution is 2.21. The van der Waals surface area contributed by atoms with Crippen LogP contribution in [-0.2, 0) is 11.2 Å². The molecule has 17 heavy (non-hydrogen) atoms. The number of amides is 1. The molecule has 1 aromatic rings. The van der Waals surface area contributed by atoms with Gasteiger partial charge >= 0.3 is 0 Å². The summed E-state index contributed by atoms with van der Waals surface area (Å²) in [7, 11) is 0. The highest BCUT2D eigenvalue weighted by Gasteiger charge is 2.27. The smallest absolute Gasteiger partial charge is 0.222 e. The SMILES string of the molecule is CCC1CC(=O)N(CCc2ccccc2N)C1. The number of para-hydroxylation sites is 1. The second-order valence-corrected chi connectivity index (χ2v) is 4.77. The van der Waals surface area contributed by atoms with Crippen LogP contribution in [0.4, 0.5) is 5.69 Å². The van der Waals surface area contributed by atoms with Crippen LogP contribution in [0.3, 0.4) is 0 Å². The van der Waals surface area contributed by atoms with Crippen molar-refractivity contribution in [2.45, 2.75) is 26.2 Å². The van der Waals surface area contributed by atoms with Gasteiger partial charge in [-0.3, -0.25) is 4.79 Å². The van der Waals surface area contributed by atoms with E-state index in [2.05, 4.69) is 6.92 Å². The maximum absolute atomic E-state index is 11.7. The molecule has 1 saturated heterocycles. The zero-order valence-electron chi connectivity index (χ0n) is 10.4. The van der Waals surface area contributed by atoms with Gasteiger partial charge in [0.1, 0.15) is 0 Å². The Labute approximate surface area is 103 Å². The predicted molar refractivity (Wildman–Crippen MR) is 69.5 cm³/mol. The van der Waals surface area contributed by atoms with E-state index in [4.69, 9.17) is 5.73 Å². The van der Waals surface area contributed by atoms with Gasteiger partial charge in [0.15, 0.2) is 0 Å². The van der Waals surface area contributed by atoms with Crippen molar-refractivity contribution < 1.29 is 4.79 Å². The van der Waals surface area contributed by atoms with Crippen molar-refractivity contribution in [3.8, 4) is 0 Å². The molecule has 1 heterocycles. The standard InChI is InChI=1S/C14H20N2O/c1-2-11-9-14(17)16(10-11)8-7-12-5-3-4-6-13(12)15/h3-6,11H,2,7-10,15H2,1H3. The molecule has 0 spiro atoms. The van der Waals surface area contributed by atoms with E-state index in [1.54, 1.807) is 0 Å². The van der Waals surface area contributed by atoms with E-state index >= 15 is 0 Å². The van der Waals surface area contributed by atoms with Gasteiger partial charge in [-0.1, -0.05) is 31.5 Å². The van der Waals surface area contributed by atoms with E-state index in [0.717, 1.165) is 43.6 Å². The minimum Gasteiger partial charge on any atom is -0.399 e. The monoisotopic (exact) mass is 232 g/mol. The molecule has 92 valence electrons. The summed E-state index contributed by atoms with van der Waals surface area (Å²) in [6.45, 7) is 3.86. The number of nitrogens with two attached hydrogens (primary N) is 1. The molecule has 1 atom stereocenters. The number of anilines is 1. The summed E-state index contributed by atoms with van der Waals surface area (Å²) < 4.78 is 0. The van der Waals surface area contributed by atoms with Crippen molar-refractivity contribution in [1.82, 2.24) is 4.90 Å². The number of rotatable bonds is 4. The van der Waals surface area contributed by atoms with Crippen LogP contribution in [0.2, 0.25) is 0 Å². The molecular weight excluding hydrogens is 212 g/mol. The maximum Gasteiger partial charge on any atom is 0.222 e. The molecule has 0 bridgehead atoms. The van der Waals surface area contributed by atoms with Crippen molar-refractivity contribution >= 4 is 11.6 Å². The number of likely N-dealkylation sites (tertiary alicyclic amines) is 1. The van der Waals surface area contributed by atoms with Crippen LogP contribution in [0.5, 0.6) is 0 Å². The van der Waals surface area contributed by atoms with Crippen molar-refractivity contribution in [1.29, 1.82) is 0 Å². The van der Waals surface area contributed by atoms with Crippen molar-refractivity contribution in [2.24, 2.45) is 5.92 Å². The molecule has 3 heteroatoms. The Bertz CT molecular complexity index is 403. The summed E-state index contributed by atoms with van der Waals surface area (Å²) in [5.41, 5.74) is 7.85. The third kappa shape index (κ3) is 2.78. The van der Waals surface area contributed by atoms with Crippen molar-refractivity contribution in [2.75, 3.05) is 18.8 Å². The van der Waals surface area contributed by atoms with Gasteiger partial charge < -0.3 is 10.6 Å². The lowest BCUT2D eigenvalue weighted by Gasteiger charge is -2.16. The fraction of sp³-hybridized carbons (Fsp3) is 0.500. The molecule has 0 aromatic heterocycles. The summed E-state index contributed by atoms with van der Waals surface area (Å²) in [5.74, 6) is 0.849. The Kier molecular flexibility index (Phi) is 3.67. The van der Waals surface area contributed by atoms with Gasteiger partial charge in [0.2, 0.25) is 5.91 Å². The molecule has 1 amide bonds.